The Morgan fingerprint density at radius 2 is 2.36 bits per heavy atom. The molecule has 0 amide bonds. The van der Waals surface area contributed by atoms with Gasteiger partial charge in [0.1, 0.15) is 12.4 Å². The van der Waals surface area contributed by atoms with Crippen LogP contribution in [-0.2, 0) is 0 Å². The predicted molar refractivity (Wildman–Crippen MR) is 53.5 cm³/mol. The molecular formula is C10H11NO3. The Morgan fingerprint density at radius 1 is 1.64 bits per heavy atom. The number of hydrogen-bond acceptors (Lipinski definition) is 3. The summed E-state index contributed by atoms with van der Waals surface area (Å²) in [5.74, 6) is 0.527. The lowest BCUT2D eigenvalue weighted by atomic mass is 10.2. The van der Waals surface area contributed by atoms with Crippen LogP contribution in [0.3, 0.4) is 0 Å². The van der Waals surface area contributed by atoms with Crippen LogP contribution in [0.2, 0.25) is 0 Å². The molecule has 74 valence electrons. The molecule has 0 aromatic heterocycles. The SMILES string of the molecule is C=CCOc1cccc([N+](=O)[O-])c1C. The predicted octanol–water partition coefficient (Wildman–Crippen LogP) is 2.47. The van der Waals surface area contributed by atoms with E-state index >= 15 is 0 Å². The molecule has 0 N–H and O–H groups in total. The smallest absolute Gasteiger partial charge is 0.276 e. The number of benzene rings is 1. The third-order valence-corrected chi connectivity index (χ3v) is 1.81. The van der Waals surface area contributed by atoms with Crippen LogP contribution in [-0.4, -0.2) is 11.5 Å². The van der Waals surface area contributed by atoms with E-state index in [2.05, 4.69) is 6.58 Å². The molecule has 4 nitrogen and oxygen atoms in total. The van der Waals surface area contributed by atoms with Crippen LogP contribution in [0.4, 0.5) is 5.69 Å². The van der Waals surface area contributed by atoms with Gasteiger partial charge in [0.25, 0.3) is 5.69 Å². The van der Waals surface area contributed by atoms with Gasteiger partial charge < -0.3 is 4.74 Å². The summed E-state index contributed by atoms with van der Waals surface area (Å²) in [6.07, 6.45) is 1.60. The van der Waals surface area contributed by atoms with E-state index in [0.717, 1.165) is 0 Å². The van der Waals surface area contributed by atoms with E-state index in [0.29, 0.717) is 17.9 Å². The minimum absolute atomic E-state index is 0.0755. The molecule has 0 aliphatic heterocycles. The second-order valence-corrected chi connectivity index (χ2v) is 2.76. The number of nitrogens with zero attached hydrogens (tertiary/aromatic N) is 1. The molecule has 4 heteroatoms. The van der Waals surface area contributed by atoms with Gasteiger partial charge in [-0.25, -0.2) is 0 Å². The largest absolute Gasteiger partial charge is 0.489 e. The molecule has 0 fully saturated rings. The van der Waals surface area contributed by atoms with Crippen molar-refractivity contribution in [2.45, 2.75) is 6.92 Å². The molecule has 0 bridgehead atoms. The van der Waals surface area contributed by atoms with Crippen molar-refractivity contribution >= 4 is 5.69 Å². The van der Waals surface area contributed by atoms with E-state index in [-0.39, 0.29) is 5.69 Å². The minimum Gasteiger partial charge on any atom is -0.489 e. The van der Waals surface area contributed by atoms with Crippen molar-refractivity contribution in [3.05, 3.63) is 46.5 Å². The summed E-state index contributed by atoms with van der Waals surface area (Å²) in [5, 5.41) is 10.6. The lowest BCUT2D eigenvalue weighted by Gasteiger charge is -2.06. The van der Waals surface area contributed by atoms with Gasteiger partial charge in [-0.1, -0.05) is 18.7 Å². The number of hydrogen-bond donors (Lipinski definition) is 0. The third kappa shape index (κ3) is 2.10. The molecule has 0 unspecified atom stereocenters. The van der Waals surface area contributed by atoms with E-state index in [1.807, 2.05) is 0 Å². The Morgan fingerprint density at radius 3 is 2.93 bits per heavy atom. The summed E-state index contributed by atoms with van der Waals surface area (Å²) < 4.78 is 5.25. The second-order valence-electron chi connectivity index (χ2n) is 2.76. The molecule has 1 rings (SSSR count). The van der Waals surface area contributed by atoms with Gasteiger partial charge in [0.2, 0.25) is 0 Å². The monoisotopic (exact) mass is 193 g/mol. The van der Waals surface area contributed by atoms with Crippen LogP contribution in [0.15, 0.2) is 30.9 Å². The third-order valence-electron chi connectivity index (χ3n) is 1.81. The Bertz CT molecular complexity index is 360. The quantitative estimate of drug-likeness (QED) is 0.419. The molecule has 0 atom stereocenters. The van der Waals surface area contributed by atoms with Crippen LogP contribution < -0.4 is 4.74 Å². The number of rotatable bonds is 4. The molecule has 1 aromatic rings. The zero-order valence-electron chi connectivity index (χ0n) is 7.90. The summed E-state index contributed by atoms with van der Waals surface area (Å²) in [5.41, 5.74) is 0.617. The summed E-state index contributed by atoms with van der Waals surface area (Å²) in [6, 6.07) is 4.76. The van der Waals surface area contributed by atoms with E-state index in [9.17, 15) is 10.1 Å². The maximum Gasteiger partial charge on any atom is 0.276 e. The van der Waals surface area contributed by atoms with Gasteiger partial charge in [-0.15, -0.1) is 0 Å². The fourth-order valence-electron chi connectivity index (χ4n) is 1.11. The van der Waals surface area contributed by atoms with Crippen molar-refractivity contribution < 1.29 is 9.66 Å². The highest BCUT2D eigenvalue weighted by Gasteiger charge is 2.13. The van der Waals surface area contributed by atoms with Gasteiger partial charge in [0, 0.05) is 6.07 Å². The lowest BCUT2D eigenvalue weighted by Crippen LogP contribution is -1.98. The van der Waals surface area contributed by atoms with Gasteiger partial charge in [-0.2, -0.15) is 0 Å². The van der Waals surface area contributed by atoms with Gasteiger partial charge in [-0.3, -0.25) is 10.1 Å². The average molecular weight is 193 g/mol. The highest BCUT2D eigenvalue weighted by molar-refractivity contribution is 5.48. The minimum atomic E-state index is -0.421. The zero-order chi connectivity index (χ0) is 10.6. The van der Waals surface area contributed by atoms with Crippen LogP contribution in [0.5, 0.6) is 5.75 Å². The summed E-state index contributed by atoms with van der Waals surface area (Å²) in [7, 11) is 0. The molecule has 1 aromatic carbocycles. The molecule has 0 spiro atoms. The topological polar surface area (TPSA) is 52.4 Å². The first-order valence-corrected chi connectivity index (χ1v) is 4.14. The van der Waals surface area contributed by atoms with Crippen molar-refractivity contribution in [1.82, 2.24) is 0 Å². The fourth-order valence-corrected chi connectivity index (χ4v) is 1.11. The summed E-state index contributed by atoms with van der Waals surface area (Å²) in [6.45, 7) is 5.52. The van der Waals surface area contributed by atoms with Crippen molar-refractivity contribution in [3.63, 3.8) is 0 Å². The highest BCUT2D eigenvalue weighted by Crippen LogP contribution is 2.26. The molecule has 0 radical (unpaired) electrons. The van der Waals surface area contributed by atoms with E-state index < -0.39 is 4.92 Å². The first-order chi connectivity index (χ1) is 6.66. The van der Waals surface area contributed by atoms with E-state index in [1.54, 1.807) is 25.1 Å². The molecule has 0 saturated carbocycles. The Hall–Kier alpha value is -1.84. The molecule has 0 heterocycles. The van der Waals surface area contributed by atoms with Gasteiger partial charge in [-0.05, 0) is 13.0 Å². The van der Waals surface area contributed by atoms with Crippen LogP contribution in [0.1, 0.15) is 5.56 Å². The fraction of sp³-hybridized carbons (Fsp3) is 0.200. The zero-order valence-corrected chi connectivity index (χ0v) is 7.90. The van der Waals surface area contributed by atoms with Crippen LogP contribution >= 0.6 is 0 Å². The Labute approximate surface area is 82.0 Å². The Kier molecular flexibility index (Phi) is 3.23. The second kappa shape index (κ2) is 4.41. The number of ether oxygens (including phenoxy) is 1. The average Bonchev–Trinajstić information content (AvgIpc) is 2.16. The lowest BCUT2D eigenvalue weighted by molar-refractivity contribution is -0.385. The summed E-state index contributed by atoms with van der Waals surface area (Å²) in [4.78, 5) is 10.2. The van der Waals surface area contributed by atoms with Crippen molar-refractivity contribution in [2.24, 2.45) is 0 Å². The van der Waals surface area contributed by atoms with Crippen molar-refractivity contribution in [1.29, 1.82) is 0 Å². The van der Waals surface area contributed by atoms with Crippen LogP contribution in [0.25, 0.3) is 0 Å². The molecule has 0 aliphatic carbocycles. The Balaban J connectivity index is 3.01. The van der Waals surface area contributed by atoms with Crippen molar-refractivity contribution in [2.75, 3.05) is 6.61 Å². The van der Waals surface area contributed by atoms with E-state index in [4.69, 9.17) is 4.74 Å². The van der Waals surface area contributed by atoms with Gasteiger partial charge in [0.15, 0.2) is 0 Å². The molecular weight excluding hydrogens is 182 g/mol. The normalized spacial score (nSPS) is 9.50. The first kappa shape index (κ1) is 10.2. The van der Waals surface area contributed by atoms with Crippen LogP contribution in [0, 0.1) is 17.0 Å². The molecule has 0 aliphatic rings. The first-order valence-electron chi connectivity index (χ1n) is 4.14. The highest BCUT2D eigenvalue weighted by atomic mass is 16.6. The standard InChI is InChI=1S/C10H11NO3/c1-3-7-14-10-6-4-5-9(8(10)2)11(12)13/h3-6H,1,7H2,2H3. The maximum absolute atomic E-state index is 10.6. The van der Waals surface area contributed by atoms with Gasteiger partial charge in [0.05, 0.1) is 10.5 Å². The summed E-state index contributed by atoms with van der Waals surface area (Å²) >= 11 is 0. The van der Waals surface area contributed by atoms with Crippen molar-refractivity contribution in [3.8, 4) is 5.75 Å². The molecule has 14 heavy (non-hydrogen) atoms. The molecule has 0 saturated heterocycles. The number of nitro benzene ring substituents is 1. The van der Waals surface area contributed by atoms with Gasteiger partial charge >= 0.3 is 0 Å². The van der Waals surface area contributed by atoms with E-state index in [1.165, 1.54) is 6.07 Å². The maximum atomic E-state index is 10.6. The number of nitro groups is 1.